The quantitative estimate of drug-likeness (QED) is 0.658. The molecule has 2 aromatic heterocycles. The number of nitrogens with zero attached hydrogens (tertiary/aromatic N) is 1. The van der Waals surface area contributed by atoms with E-state index in [1.165, 1.54) is 26.5 Å². The molecule has 2 aromatic rings. The number of allylic oxidation sites excluding steroid dienone is 1. The van der Waals surface area contributed by atoms with Gasteiger partial charge in [-0.05, 0) is 67.1 Å². The molecule has 0 radical (unpaired) electrons. The lowest BCUT2D eigenvalue weighted by Gasteiger charge is -2.29. The van der Waals surface area contributed by atoms with Gasteiger partial charge in [0.1, 0.15) is 0 Å². The summed E-state index contributed by atoms with van der Waals surface area (Å²) >= 11 is 3.55. The van der Waals surface area contributed by atoms with Crippen LogP contribution in [0.1, 0.15) is 40.1 Å². The fourth-order valence-electron chi connectivity index (χ4n) is 3.21. The van der Waals surface area contributed by atoms with E-state index >= 15 is 0 Å². The number of carboxylic acid groups (broad SMARTS) is 1. The molecule has 3 rings (SSSR count). The molecule has 0 saturated carbocycles. The van der Waals surface area contributed by atoms with Crippen molar-refractivity contribution in [3.8, 4) is 0 Å². The molecule has 132 valence electrons. The van der Waals surface area contributed by atoms with Crippen molar-refractivity contribution in [2.45, 2.75) is 39.2 Å². The minimum Gasteiger partial charge on any atom is -0.465 e. The van der Waals surface area contributed by atoms with Crippen LogP contribution in [-0.2, 0) is 0 Å². The highest BCUT2D eigenvalue weighted by atomic mass is 32.1. The molecule has 25 heavy (non-hydrogen) atoms. The zero-order valence-electron chi connectivity index (χ0n) is 14.6. The molecular formula is C20H23NO2S2. The lowest BCUT2D eigenvalue weighted by Crippen LogP contribution is -2.40. The van der Waals surface area contributed by atoms with Crippen molar-refractivity contribution in [3.05, 3.63) is 62.0 Å². The highest BCUT2D eigenvalue weighted by molar-refractivity contribution is 7.14. The van der Waals surface area contributed by atoms with Gasteiger partial charge in [-0.2, -0.15) is 0 Å². The molecule has 0 saturated heterocycles. The largest absolute Gasteiger partial charge is 0.465 e. The molecule has 1 aliphatic rings. The zero-order chi connectivity index (χ0) is 17.8. The lowest BCUT2D eigenvalue weighted by molar-refractivity contribution is 0.130. The second kappa shape index (κ2) is 8.02. The van der Waals surface area contributed by atoms with Gasteiger partial charge in [0.05, 0.1) is 6.04 Å². The summed E-state index contributed by atoms with van der Waals surface area (Å²) in [5, 5.41) is 13.6. The van der Waals surface area contributed by atoms with Gasteiger partial charge >= 0.3 is 6.09 Å². The first-order valence-electron chi connectivity index (χ1n) is 8.53. The highest BCUT2D eigenvalue weighted by Gasteiger charge is 2.22. The summed E-state index contributed by atoms with van der Waals surface area (Å²) < 4.78 is 0. The highest BCUT2D eigenvalue weighted by Crippen LogP contribution is 2.35. The number of carbonyl (C=O) groups is 1. The number of hydrogen-bond donors (Lipinski definition) is 1. The molecule has 0 spiro atoms. The maximum absolute atomic E-state index is 11.4. The zero-order valence-corrected chi connectivity index (χ0v) is 16.2. The van der Waals surface area contributed by atoms with Crippen LogP contribution in [0.5, 0.6) is 0 Å². The molecule has 3 heterocycles. The van der Waals surface area contributed by atoms with E-state index < -0.39 is 6.09 Å². The van der Waals surface area contributed by atoms with Crippen LogP contribution in [0.2, 0.25) is 0 Å². The Kier molecular flexibility index (Phi) is 5.76. The first-order valence-corrected chi connectivity index (χ1v) is 10.3. The molecule has 1 aliphatic heterocycles. The summed E-state index contributed by atoms with van der Waals surface area (Å²) in [6.07, 6.45) is 8.11. The van der Waals surface area contributed by atoms with Gasteiger partial charge in [-0.3, -0.25) is 0 Å². The van der Waals surface area contributed by atoms with Crippen molar-refractivity contribution in [3.63, 3.8) is 0 Å². The van der Waals surface area contributed by atoms with Crippen molar-refractivity contribution < 1.29 is 9.90 Å². The SMILES string of the molecule is Cc1ccsc1C(=CCC[C@@H]1C=CCCN1C(=O)O)c1sccc1C. The Morgan fingerprint density at radius 1 is 1.24 bits per heavy atom. The van der Waals surface area contributed by atoms with Crippen molar-refractivity contribution in [1.82, 2.24) is 4.90 Å². The van der Waals surface area contributed by atoms with Crippen LogP contribution in [0.25, 0.3) is 5.57 Å². The maximum Gasteiger partial charge on any atom is 0.407 e. The van der Waals surface area contributed by atoms with Gasteiger partial charge < -0.3 is 10.0 Å². The first kappa shape index (κ1) is 18.0. The van der Waals surface area contributed by atoms with E-state index in [-0.39, 0.29) is 6.04 Å². The Balaban J connectivity index is 1.81. The molecule has 5 heteroatoms. The summed E-state index contributed by atoms with van der Waals surface area (Å²) in [5.41, 5.74) is 3.89. The van der Waals surface area contributed by atoms with E-state index in [1.54, 1.807) is 27.6 Å². The minimum absolute atomic E-state index is 0.0161. The molecule has 0 aliphatic carbocycles. The summed E-state index contributed by atoms with van der Waals surface area (Å²) in [6, 6.07) is 4.30. The van der Waals surface area contributed by atoms with Gasteiger partial charge in [0.2, 0.25) is 0 Å². The molecule has 0 aromatic carbocycles. The smallest absolute Gasteiger partial charge is 0.407 e. The summed E-state index contributed by atoms with van der Waals surface area (Å²) in [7, 11) is 0. The van der Waals surface area contributed by atoms with E-state index in [0.29, 0.717) is 6.54 Å². The van der Waals surface area contributed by atoms with Gasteiger partial charge in [-0.25, -0.2) is 4.79 Å². The minimum atomic E-state index is -0.818. The second-order valence-electron chi connectivity index (χ2n) is 6.32. The van der Waals surface area contributed by atoms with Crippen LogP contribution in [-0.4, -0.2) is 28.7 Å². The lowest BCUT2D eigenvalue weighted by atomic mass is 10.0. The number of rotatable bonds is 5. The third-order valence-corrected chi connectivity index (χ3v) is 6.66. The molecule has 3 nitrogen and oxygen atoms in total. The Morgan fingerprint density at radius 2 is 1.88 bits per heavy atom. The van der Waals surface area contributed by atoms with E-state index in [0.717, 1.165) is 19.3 Å². The van der Waals surface area contributed by atoms with E-state index in [1.807, 2.05) is 6.08 Å². The topological polar surface area (TPSA) is 40.5 Å². The predicted molar refractivity (Wildman–Crippen MR) is 107 cm³/mol. The van der Waals surface area contributed by atoms with Gasteiger partial charge in [0, 0.05) is 21.9 Å². The molecule has 1 atom stereocenters. The number of aryl methyl sites for hydroxylation is 2. The van der Waals surface area contributed by atoms with Gasteiger partial charge in [0.25, 0.3) is 0 Å². The fourth-order valence-corrected chi connectivity index (χ4v) is 5.22. The van der Waals surface area contributed by atoms with E-state index in [4.69, 9.17) is 0 Å². The molecule has 1 amide bonds. The Labute approximate surface area is 156 Å². The van der Waals surface area contributed by atoms with Crippen molar-refractivity contribution in [1.29, 1.82) is 0 Å². The van der Waals surface area contributed by atoms with Gasteiger partial charge in [-0.1, -0.05) is 18.2 Å². The second-order valence-corrected chi connectivity index (χ2v) is 8.15. The van der Waals surface area contributed by atoms with E-state index in [2.05, 4.69) is 48.9 Å². The molecule has 0 unspecified atom stereocenters. The Morgan fingerprint density at radius 3 is 2.40 bits per heavy atom. The van der Waals surface area contributed by atoms with Crippen LogP contribution in [0, 0.1) is 13.8 Å². The summed E-state index contributed by atoms with van der Waals surface area (Å²) in [4.78, 5) is 15.6. The molecular weight excluding hydrogens is 350 g/mol. The molecule has 0 fully saturated rings. The standard InChI is InChI=1S/C20H23NO2S2/c1-14-9-12-24-18(14)17(19-15(2)10-13-25-19)8-5-7-16-6-3-4-11-21(16)20(22)23/h3,6,8-10,12-13,16H,4-5,7,11H2,1-2H3,(H,22,23)/t16-/m0/s1. The Hall–Kier alpha value is -1.85. The first-order chi connectivity index (χ1) is 12.1. The van der Waals surface area contributed by atoms with Crippen molar-refractivity contribution in [2.24, 2.45) is 0 Å². The summed E-state index contributed by atoms with van der Waals surface area (Å²) in [5.74, 6) is 0. The average molecular weight is 374 g/mol. The van der Waals surface area contributed by atoms with Crippen LogP contribution in [0.3, 0.4) is 0 Å². The predicted octanol–water partition coefficient (Wildman–Crippen LogP) is 5.95. The number of hydrogen-bond acceptors (Lipinski definition) is 3. The normalized spacial score (nSPS) is 16.9. The van der Waals surface area contributed by atoms with E-state index in [9.17, 15) is 9.90 Å². The maximum atomic E-state index is 11.4. The third-order valence-electron chi connectivity index (χ3n) is 4.57. The van der Waals surface area contributed by atoms with Crippen LogP contribution in [0.4, 0.5) is 4.79 Å². The number of amides is 1. The molecule has 1 N–H and O–H groups in total. The number of thiophene rings is 2. The average Bonchev–Trinajstić information content (AvgIpc) is 3.21. The van der Waals surface area contributed by atoms with Crippen LogP contribution >= 0.6 is 22.7 Å². The fraction of sp³-hybridized carbons (Fsp3) is 0.350. The van der Waals surface area contributed by atoms with Gasteiger partial charge in [-0.15, -0.1) is 22.7 Å². The monoisotopic (exact) mass is 373 g/mol. The van der Waals surface area contributed by atoms with Crippen LogP contribution in [0.15, 0.2) is 41.1 Å². The van der Waals surface area contributed by atoms with Crippen molar-refractivity contribution >= 4 is 34.3 Å². The molecule has 0 bridgehead atoms. The van der Waals surface area contributed by atoms with Gasteiger partial charge in [0.15, 0.2) is 0 Å². The van der Waals surface area contributed by atoms with Crippen LogP contribution < -0.4 is 0 Å². The Bertz CT molecular complexity index is 758. The third kappa shape index (κ3) is 4.05. The summed E-state index contributed by atoms with van der Waals surface area (Å²) in [6.45, 7) is 4.90. The van der Waals surface area contributed by atoms with Crippen molar-refractivity contribution in [2.75, 3.05) is 6.54 Å².